The van der Waals surface area contributed by atoms with Gasteiger partial charge in [-0.05, 0) is 25.8 Å². The molecular weight excluding hydrogens is 376 g/mol. The first-order valence-electron chi connectivity index (χ1n) is 9.20. The number of pyridine rings is 1. The zero-order valence-electron chi connectivity index (χ0n) is 16.1. The van der Waals surface area contributed by atoms with Crippen molar-refractivity contribution in [3.8, 4) is 0 Å². The Kier molecular flexibility index (Phi) is 4.84. The summed E-state index contributed by atoms with van der Waals surface area (Å²) in [6.45, 7) is 3.15. The van der Waals surface area contributed by atoms with E-state index in [1.54, 1.807) is 16.6 Å². The van der Waals surface area contributed by atoms with Gasteiger partial charge >= 0.3 is 0 Å². The molecule has 4 heterocycles. The zero-order chi connectivity index (χ0) is 19.8. The van der Waals surface area contributed by atoms with Crippen molar-refractivity contribution < 1.29 is 4.79 Å². The summed E-state index contributed by atoms with van der Waals surface area (Å²) in [5.41, 5.74) is 3.72. The van der Waals surface area contributed by atoms with E-state index in [4.69, 9.17) is 0 Å². The molecule has 0 saturated carbocycles. The number of rotatable bonds is 3. The second kappa shape index (κ2) is 7.31. The fourth-order valence-corrected chi connectivity index (χ4v) is 4.32. The summed E-state index contributed by atoms with van der Waals surface area (Å²) in [4.78, 5) is 45.6. The number of aromatic nitrogens is 4. The Labute approximate surface area is 166 Å². The van der Waals surface area contributed by atoms with Gasteiger partial charge in [-0.25, -0.2) is 15.0 Å². The highest BCUT2D eigenvalue weighted by molar-refractivity contribution is 7.11. The molecule has 1 atom stereocenters. The number of anilines is 1. The Balaban J connectivity index is 1.64. The molecule has 0 radical (unpaired) electrons. The molecule has 1 unspecified atom stereocenters. The molecule has 0 aliphatic carbocycles. The highest BCUT2D eigenvalue weighted by Gasteiger charge is 2.28. The van der Waals surface area contributed by atoms with Gasteiger partial charge in [-0.15, -0.1) is 11.3 Å². The van der Waals surface area contributed by atoms with Crippen molar-refractivity contribution in [2.45, 2.75) is 25.7 Å². The lowest BCUT2D eigenvalue weighted by atomic mass is 9.93. The summed E-state index contributed by atoms with van der Waals surface area (Å²) in [5.74, 6) is 0.649. The maximum Gasteiger partial charge on any atom is 0.265 e. The molecule has 1 aliphatic rings. The van der Waals surface area contributed by atoms with Gasteiger partial charge in [-0.3, -0.25) is 9.59 Å². The van der Waals surface area contributed by atoms with Crippen LogP contribution in [0.25, 0.3) is 10.9 Å². The topological polar surface area (TPSA) is 95.1 Å². The van der Waals surface area contributed by atoms with Gasteiger partial charge in [0.25, 0.3) is 11.5 Å². The smallest absolute Gasteiger partial charge is 0.265 e. The number of aromatic amines is 1. The number of nitrogens with one attached hydrogen (secondary N) is 1. The zero-order valence-corrected chi connectivity index (χ0v) is 16.9. The third-order valence-electron chi connectivity index (χ3n) is 5.09. The quantitative estimate of drug-likeness (QED) is 0.727. The predicted octanol–water partition coefficient (Wildman–Crippen LogP) is 2.17. The Morgan fingerprint density at radius 3 is 2.89 bits per heavy atom. The monoisotopic (exact) mass is 398 g/mol. The summed E-state index contributed by atoms with van der Waals surface area (Å²) in [7, 11) is 3.72. The van der Waals surface area contributed by atoms with Crippen molar-refractivity contribution in [1.29, 1.82) is 0 Å². The Morgan fingerprint density at radius 1 is 1.36 bits per heavy atom. The van der Waals surface area contributed by atoms with Gasteiger partial charge in [-0.2, -0.15) is 0 Å². The molecule has 0 spiro atoms. The van der Waals surface area contributed by atoms with Crippen molar-refractivity contribution in [1.82, 2.24) is 24.8 Å². The van der Waals surface area contributed by atoms with E-state index in [-0.39, 0.29) is 17.4 Å². The van der Waals surface area contributed by atoms with Crippen molar-refractivity contribution >= 4 is 34.1 Å². The number of amides is 1. The molecule has 28 heavy (non-hydrogen) atoms. The lowest BCUT2D eigenvalue weighted by Crippen LogP contribution is -2.39. The first-order valence-corrected chi connectivity index (χ1v) is 10.1. The van der Waals surface area contributed by atoms with Crippen molar-refractivity contribution in [3.63, 3.8) is 0 Å². The maximum absolute atomic E-state index is 12.9. The summed E-state index contributed by atoms with van der Waals surface area (Å²) in [6, 6.07) is 1.92. The molecule has 3 aromatic heterocycles. The largest absolute Gasteiger partial charge is 0.347 e. The molecular formula is C19H22N6O2S. The molecule has 1 aliphatic heterocycles. The molecule has 0 bridgehead atoms. The molecule has 9 heteroatoms. The number of thiazole rings is 1. The van der Waals surface area contributed by atoms with Crippen LogP contribution in [0, 0.1) is 6.92 Å². The number of H-pyrrole nitrogens is 1. The first-order chi connectivity index (χ1) is 13.4. The second-order valence-corrected chi connectivity index (χ2v) is 8.13. The third-order valence-corrected chi connectivity index (χ3v) is 6.00. The van der Waals surface area contributed by atoms with E-state index in [0.29, 0.717) is 28.3 Å². The van der Waals surface area contributed by atoms with E-state index in [1.165, 1.54) is 11.3 Å². The molecule has 1 N–H and O–H groups in total. The van der Waals surface area contributed by atoms with Gasteiger partial charge in [0, 0.05) is 45.0 Å². The average Bonchev–Trinajstić information content (AvgIpc) is 3.12. The molecule has 3 aromatic rings. The van der Waals surface area contributed by atoms with Crippen LogP contribution in [-0.4, -0.2) is 57.9 Å². The normalized spacial score (nSPS) is 17.1. The van der Waals surface area contributed by atoms with E-state index >= 15 is 0 Å². The van der Waals surface area contributed by atoms with Gasteiger partial charge in [0.05, 0.1) is 22.1 Å². The number of nitrogens with zero attached hydrogens (tertiary/aromatic N) is 5. The Morgan fingerprint density at radius 2 is 2.18 bits per heavy atom. The third kappa shape index (κ3) is 3.37. The van der Waals surface area contributed by atoms with Gasteiger partial charge in [0.15, 0.2) is 0 Å². The number of carbonyl (C=O) groups is 1. The first kappa shape index (κ1) is 18.5. The standard InChI is InChI=1S/C19H22N6O2S/c1-11-16(28-10-21-11)18(27)25-6-4-5-12(9-25)14-7-15-13(17(26)22-14)8-20-19(23-15)24(2)3/h7-8,10,12H,4-6,9H2,1-3H3,(H,22,26). The average molecular weight is 398 g/mol. The molecule has 1 saturated heterocycles. The van der Waals surface area contributed by atoms with Crippen LogP contribution < -0.4 is 10.5 Å². The lowest BCUT2D eigenvalue weighted by molar-refractivity contribution is 0.0710. The van der Waals surface area contributed by atoms with Gasteiger partial charge < -0.3 is 14.8 Å². The minimum absolute atomic E-state index is 0.0186. The predicted molar refractivity (Wildman–Crippen MR) is 109 cm³/mol. The van der Waals surface area contributed by atoms with Gasteiger partial charge in [0.2, 0.25) is 5.95 Å². The van der Waals surface area contributed by atoms with E-state index in [2.05, 4.69) is 19.9 Å². The minimum atomic E-state index is -0.195. The van der Waals surface area contributed by atoms with E-state index in [1.807, 2.05) is 32.0 Å². The van der Waals surface area contributed by atoms with E-state index in [0.717, 1.165) is 30.8 Å². The maximum atomic E-state index is 12.9. The van der Waals surface area contributed by atoms with Crippen LogP contribution in [0.4, 0.5) is 5.95 Å². The number of aryl methyl sites for hydroxylation is 1. The van der Waals surface area contributed by atoms with Crippen molar-refractivity contribution in [3.05, 3.63) is 44.4 Å². The van der Waals surface area contributed by atoms with Crippen LogP contribution in [0.3, 0.4) is 0 Å². The molecule has 1 amide bonds. The van der Waals surface area contributed by atoms with Gasteiger partial charge in [0.1, 0.15) is 4.88 Å². The van der Waals surface area contributed by atoms with E-state index in [9.17, 15) is 9.59 Å². The van der Waals surface area contributed by atoms with Crippen LogP contribution in [0.2, 0.25) is 0 Å². The summed E-state index contributed by atoms with van der Waals surface area (Å²) < 4.78 is 0. The van der Waals surface area contributed by atoms with Crippen molar-refractivity contribution in [2.75, 3.05) is 32.1 Å². The lowest BCUT2D eigenvalue weighted by Gasteiger charge is -2.32. The van der Waals surface area contributed by atoms with Crippen LogP contribution in [-0.2, 0) is 0 Å². The van der Waals surface area contributed by atoms with Crippen LogP contribution in [0.1, 0.15) is 39.8 Å². The molecule has 1 fully saturated rings. The minimum Gasteiger partial charge on any atom is -0.347 e. The highest BCUT2D eigenvalue weighted by Crippen LogP contribution is 2.28. The molecule has 4 rings (SSSR count). The van der Waals surface area contributed by atoms with Crippen molar-refractivity contribution in [2.24, 2.45) is 0 Å². The SMILES string of the molecule is Cc1ncsc1C(=O)N1CCCC(c2cc3nc(N(C)C)ncc3c(=O)[nH]2)C1. The molecule has 8 nitrogen and oxygen atoms in total. The highest BCUT2D eigenvalue weighted by atomic mass is 32.1. The fraction of sp³-hybridized carbons (Fsp3) is 0.421. The summed E-state index contributed by atoms with van der Waals surface area (Å²) in [5, 5.41) is 0.471. The van der Waals surface area contributed by atoms with Crippen LogP contribution >= 0.6 is 11.3 Å². The van der Waals surface area contributed by atoms with Crippen LogP contribution in [0.5, 0.6) is 0 Å². The molecule has 146 valence electrons. The molecule has 0 aromatic carbocycles. The summed E-state index contributed by atoms with van der Waals surface area (Å²) in [6.07, 6.45) is 3.36. The number of hydrogen-bond acceptors (Lipinski definition) is 7. The summed E-state index contributed by atoms with van der Waals surface area (Å²) >= 11 is 1.38. The second-order valence-electron chi connectivity index (χ2n) is 7.27. The fourth-order valence-electron chi connectivity index (χ4n) is 3.55. The number of hydrogen-bond donors (Lipinski definition) is 1. The van der Waals surface area contributed by atoms with Gasteiger partial charge in [-0.1, -0.05) is 0 Å². The Hall–Kier alpha value is -2.81. The van der Waals surface area contributed by atoms with E-state index < -0.39 is 0 Å². The number of piperidine rings is 1. The number of fused-ring (bicyclic) bond motifs is 1. The Bertz CT molecular complexity index is 1090. The number of carbonyl (C=O) groups excluding carboxylic acids is 1. The number of likely N-dealkylation sites (tertiary alicyclic amines) is 1. The van der Waals surface area contributed by atoms with Crippen LogP contribution in [0.15, 0.2) is 22.6 Å².